The SMILES string of the molecule is CC(C)C[C@H](NC(=O)c1ccc(F)cc1)C(=O)Nc1ccc(S(=O)(=O)N[C@@H]2CCOC2)cc1. The van der Waals surface area contributed by atoms with Gasteiger partial charge in [0.25, 0.3) is 5.91 Å². The average molecular weight is 478 g/mol. The quantitative estimate of drug-likeness (QED) is 0.514. The van der Waals surface area contributed by atoms with Crippen molar-refractivity contribution in [2.75, 3.05) is 18.5 Å². The third-order valence-electron chi connectivity index (χ3n) is 5.12. The topological polar surface area (TPSA) is 114 Å². The number of hydrogen-bond acceptors (Lipinski definition) is 5. The van der Waals surface area contributed by atoms with E-state index in [9.17, 15) is 22.4 Å². The van der Waals surface area contributed by atoms with Crippen molar-refractivity contribution in [1.29, 1.82) is 0 Å². The van der Waals surface area contributed by atoms with Crippen LogP contribution in [0.4, 0.5) is 10.1 Å². The van der Waals surface area contributed by atoms with Gasteiger partial charge in [-0.1, -0.05) is 13.8 Å². The molecule has 1 fully saturated rings. The highest BCUT2D eigenvalue weighted by Crippen LogP contribution is 2.17. The zero-order valence-corrected chi connectivity index (χ0v) is 19.3. The molecule has 178 valence electrons. The number of nitrogens with one attached hydrogen (secondary N) is 3. The Balaban J connectivity index is 1.65. The van der Waals surface area contributed by atoms with Gasteiger partial charge in [0, 0.05) is 23.9 Å². The number of anilines is 1. The maximum absolute atomic E-state index is 13.1. The van der Waals surface area contributed by atoms with Crippen molar-refractivity contribution in [3.63, 3.8) is 0 Å². The van der Waals surface area contributed by atoms with Gasteiger partial charge in [0.05, 0.1) is 11.5 Å². The zero-order chi connectivity index (χ0) is 24.0. The van der Waals surface area contributed by atoms with Crippen LogP contribution in [0.15, 0.2) is 53.4 Å². The number of carbonyl (C=O) groups is 2. The number of halogens is 1. The third kappa shape index (κ3) is 7.08. The Labute approximate surface area is 193 Å². The van der Waals surface area contributed by atoms with E-state index in [2.05, 4.69) is 15.4 Å². The minimum atomic E-state index is -3.70. The van der Waals surface area contributed by atoms with E-state index in [1.54, 1.807) is 0 Å². The molecule has 0 saturated carbocycles. The summed E-state index contributed by atoms with van der Waals surface area (Å²) in [6.45, 7) is 4.71. The van der Waals surface area contributed by atoms with E-state index in [1.165, 1.54) is 48.5 Å². The summed E-state index contributed by atoms with van der Waals surface area (Å²) in [7, 11) is -3.70. The van der Waals surface area contributed by atoms with E-state index in [-0.39, 0.29) is 22.4 Å². The fourth-order valence-electron chi connectivity index (χ4n) is 3.41. The van der Waals surface area contributed by atoms with E-state index < -0.39 is 33.7 Å². The van der Waals surface area contributed by atoms with Crippen LogP contribution in [0.1, 0.15) is 37.0 Å². The Morgan fingerprint density at radius 3 is 2.33 bits per heavy atom. The molecule has 1 saturated heterocycles. The Hall–Kier alpha value is -2.82. The molecule has 0 bridgehead atoms. The molecular weight excluding hydrogens is 449 g/mol. The first-order chi connectivity index (χ1) is 15.6. The first-order valence-corrected chi connectivity index (χ1v) is 12.2. The van der Waals surface area contributed by atoms with Gasteiger partial charge in [-0.15, -0.1) is 0 Å². The molecule has 33 heavy (non-hydrogen) atoms. The predicted octanol–water partition coefficient (Wildman–Crippen LogP) is 2.68. The lowest BCUT2D eigenvalue weighted by Crippen LogP contribution is -2.44. The largest absolute Gasteiger partial charge is 0.380 e. The van der Waals surface area contributed by atoms with Gasteiger partial charge >= 0.3 is 0 Å². The number of rotatable bonds is 9. The van der Waals surface area contributed by atoms with Crippen LogP contribution in [0.3, 0.4) is 0 Å². The second-order valence-corrected chi connectivity index (χ2v) is 10.1. The van der Waals surface area contributed by atoms with E-state index >= 15 is 0 Å². The molecule has 0 radical (unpaired) electrons. The Bertz CT molecular complexity index is 1070. The molecule has 0 aromatic heterocycles. The maximum Gasteiger partial charge on any atom is 0.251 e. The highest BCUT2D eigenvalue weighted by Gasteiger charge is 2.25. The lowest BCUT2D eigenvalue weighted by molar-refractivity contribution is -0.118. The molecule has 3 rings (SSSR count). The number of hydrogen-bond donors (Lipinski definition) is 3. The smallest absolute Gasteiger partial charge is 0.251 e. The lowest BCUT2D eigenvalue weighted by atomic mass is 10.0. The number of benzene rings is 2. The highest BCUT2D eigenvalue weighted by atomic mass is 32.2. The molecule has 10 heteroatoms. The Morgan fingerprint density at radius 1 is 1.09 bits per heavy atom. The maximum atomic E-state index is 13.1. The van der Waals surface area contributed by atoms with E-state index in [0.717, 1.165) is 0 Å². The Morgan fingerprint density at radius 2 is 1.76 bits per heavy atom. The first kappa shape index (κ1) is 24.8. The van der Waals surface area contributed by atoms with Crippen molar-refractivity contribution < 1.29 is 27.1 Å². The van der Waals surface area contributed by atoms with E-state index in [0.29, 0.717) is 31.7 Å². The van der Waals surface area contributed by atoms with Gasteiger partial charge in [-0.25, -0.2) is 17.5 Å². The van der Waals surface area contributed by atoms with Crippen LogP contribution in [0, 0.1) is 11.7 Å². The van der Waals surface area contributed by atoms with Crippen LogP contribution >= 0.6 is 0 Å². The summed E-state index contributed by atoms with van der Waals surface area (Å²) in [5.41, 5.74) is 0.639. The first-order valence-electron chi connectivity index (χ1n) is 10.7. The minimum absolute atomic E-state index is 0.0794. The van der Waals surface area contributed by atoms with Gasteiger partial charge in [-0.2, -0.15) is 0 Å². The number of amides is 2. The molecule has 1 aliphatic heterocycles. The summed E-state index contributed by atoms with van der Waals surface area (Å²) < 4.78 is 45.9. The molecule has 2 atom stereocenters. The van der Waals surface area contributed by atoms with Crippen LogP contribution in [0.5, 0.6) is 0 Å². The molecule has 2 aromatic carbocycles. The zero-order valence-electron chi connectivity index (χ0n) is 18.5. The fraction of sp³-hybridized carbons (Fsp3) is 0.391. The van der Waals surface area contributed by atoms with Gasteiger partial charge in [0.1, 0.15) is 11.9 Å². The van der Waals surface area contributed by atoms with Crippen LogP contribution < -0.4 is 15.4 Å². The van der Waals surface area contributed by atoms with E-state index in [4.69, 9.17) is 4.74 Å². The highest BCUT2D eigenvalue weighted by molar-refractivity contribution is 7.89. The van der Waals surface area contributed by atoms with Crippen molar-refractivity contribution in [3.8, 4) is 0 Å². The van der Waals surface area contributed by atoms with Crippen LogP contribution in [0.25, 0.3) is 0 Å². The molecule has 2 amide bonds. The fourth-order valence-corrected chi connectivity index (χ4v) is 4.66. The van der Waals surface area contributed by atoms with E-state index in [1.807, 2.05) is 13.8 Å². The standard InChI is InChI=1S/C23H28FN3O5S/c1-15(2)13-21(26-22(28)16-3-5-17(24)6-4-16)23(29)25-18-7-9-20(10-8-18)33(30,31)27-19-11-12-32-14-19/h3-10,15,19,21,27H,11-14H2,1-2H3,(H,25,29)(H,26,28)/t19-,21+/m1/s1. The van der Waals surface area contributed by atoms with Gasteiger partial charge in [0.15, 0.2) is 0 Å². The molecule has 0 unspecified atom stereocenters. The number of carbonyl (C=O) groups excluding carboxylic acids is 2. The summed E-state index contributed by atoms with van der Waals surface area (Å²) in [6, 6.07) is 9.76. The molecule has 8 nitrogen and oxygen atoms in total. The summed E-state index contributed by atoms with van der Waals surface area (Å²) >= 11 is 0. The summed E-state index contributed by atoms with van der Waals surface area (Å²) in [5, 5.41) is 5.41. The Kier molecular flexibility index (Phi) is 8.17. The lowest BCUT2D eigenvalue weighted by Gasteiger charge is -2.20. The second-order valence-electron chi connectivity index (χ2n) is 8.36. The van der Waals surface area contributed by atoms with Crippen LogP contribution in [-0.4, -0.2) is 45.5 Å². The molecule has 0 spiro atoms. The third-order valence-corrected chi connectivity index (χ3v) is 6.66. The summed E-state index contributed by atoms with van der Waals surface area (Å²) in [6.07, 6.45) is 1.01. The predicted molar refractivity (Wildman–Crippen MR) is 122 cm³/mol. The van der Waals surface area contributed by atoms with Gasteiger partial charge in [0.2, 0.25) is 15.9 Å². The monoisotopic (exact) mass is 477 g/mol. The molecule has 2 aromatic rings. The van der Waals surface area contributed by atoms with Crippen molar-refractivity contribution in [2.45, 2.75) is 43.7 Å². The van der Waals surface area contributed by atoms with Gasteiger partial charge in [-0.05, 0) is 67.3 Å². The molecule has 1 heterocycles. The molecule has 0 aliphatic carbocycles. The summed E-state index contributed by atoms with van der Waals surface area (Å²) in [5.74, 6) is -1.26. The van der Waals surface area contributed by atoms with Crippen molar-refractivity contribution in [3.05, 3.63) is 59.9 Å². The van der Waals surface area contributed by atoms with Gasteiger partial charge < -0.3 is 15.4 Å². The van der Waals surface area contributed by atoms with Crippen molar-refractivity contribution in [2.24, 2.45) is 5.92 Å². The normalized spacial score (nSPS) is 17.0. The molecule has 1 aliphatic rings. The minimum Gasteiger partial charge on any atom is -0.380 e. The van der Waals surface area contributed by atoms with Crippen molar-refractivity contribution >= 4 is 27.5 Å². The van der Waals surface area contributed by atoms with Gasteiger partial charge in [-0.3, -0.25) is 9.59 Å². The number of sulfonamides is 1. The van der Waals surface area contributed by atoms with Crippen LogP contribution in [0.2, 0.25) is 0 Å². The average Bonchev–Trinajstić information content (AvgIpc) is 3.26. The molecular formula is C23H28FN3O5S. The molecule has 3 N–H and O–H groups in total. The second kappa shape index (κ2) is 10.9. The van der Waals surface area contributed by atoms with Crippen molar-refractivity contribution in [1.82, 2.24) is 10.0 Å². The summed E-state index contributed by atoms with van der Waals surface area (Å²) in [4.78, 5) is 25.4. The van der Waals surface area contributed by atoms with Crippen LogP contribution in [-0.2, 0) is 19.6 Å². The number of ether oxygens (including phenoxy) is 1.